The van der Waals surface area contributed by atoms with E-state index in [0.717, 1.165) is 25.1 Å². The molecule has 0 radical (unpaired) electrons. The Morgan fingerprint density at radius 1 is 1.23 bits per heavy atom. The van der Waals surface area contributed by atoms with Gasteiger partial charge in [-0.3, -0.25) is 20.4 Å². The number of carbonyl (C=O) groups excluding carboxylic acids is 2. The summed E-state index contributed by atoms with van der Waals surface area (Å²) in [5, 5.41) is 0. The summed E-state index contributed by atoms with van der Waals surface area (Å²) in [4.78, 5) is 25.4. The fraction of sp³-hybridized carbons (Fsp3) is 0.294. The summed E-state index contributed by atoms with van der Waals surface area (Å²) in [6.45, 7) is 2.94. The summed E-state index contributed by atoms with van der Waals surface area (Å²) in [6.07, 6.45) is 8.60. The molecule has 1 aliphatic heterocycles. The highest BCUT2D eigenvalue weighted by Crippen LogP contribution is 2.25. The Hall–Kier alpha value is -2.56. The van der Waals surface area contributed by atoms with Crippen molar-refractivity contribution in [1.82, 2.24) is 10.9 Å². The molecule has 1 aromatic rings. The van der Waals surface area contributed by atoms with Gasteiger partial charge < -0.3 is 4.90 Å². The Labute approximate surface area is 130 Å². The molecule has 0 aliphatic carbocycles. The zero-order valence-corrected chi connectivity index (χ0v) is 12.7. The predicted octanol–water partition coefficient (Wildman–Crippen LogP) is 1.72. The zero-order valence-electron chi connectivity index (χ0n) is 12.7. The van der Waals surface area contributed by atoms with E-state index >= 15 is 0 Å². The average molecular weight is 299 g/mol. The lowest BCUT2D eigenvalue weighted by atomic mass is 10.0. The van der Waals surface area contributed by atoms with Gasteiger partial charge in [-0.15, -0.1) is 0 Å². The number of fused-ring (bicyclic) bond motifs is 1. The van der Waals surface area contributed by atoms with Crippen molar-refractivity contribution >= 4 is 17.5 Å². The predicted molar refractivity (Wildman–Crippen MR) is 87.2 cm³/mol. The van der Waals surface area contributed by atoms with Crippen LogP contribution in [-0.2, 0) is 16.0 Å². The van der Waals surface area contributed by atoms with E-state index in [0.29, 0.717) is 0 Å². The lowest BCUT2D eigenvalue weighted by Crippen LogP contribution is -2.47. The molecule has 1 heterocycles. The summed E-state index contributed by atoms with van der Waals surface area (Å²) in [6, 6.07) is 8.11. The summed E-state index contributed by atoms with van der Waals surface area (Å²) in [5.74, 6) is -0.588. The van der Waals surface area contributed by atoms with Crippen LogP contribution in [0.4, 0.5) is 5.69 Å². The molecule has 1 aliphatic rings. The van der Waals surface area contributed by atoms with Crippen LogP contribution < -0.4 is 15.8 Å². The third-order valence-electron chi connectivity index (χ3n) is 3.42. The normalized spacial score (nSPS) is 14.1. The number of nitrogens with zero attached hydrogens (tertiary/aromatic N) is 1. The van der Waals surface area contributed by atoms with E-state index in [1.807, 2.05) is 36.1 Å². The van der Waals surface area contributed by atoms with Gasteiger partial charge in [0.1, 0.15) is 0 Å². The SMILES string of the molecule is C/C=C/C=C/C(=O)NNC(=O)CN1CCCc2ccccc21. The van der Waals surface area contributed by atoms with Gasteiger partial charge in [-0.25, -0.2) is 0 Å². The van der Waals surface area contributed by atoms with Crippen molar-refractivity contribution in [2.24, 2.45) is 0 Å². The van der Waals surface area contributed by atoms with Gasteiger partial charge in [-0.2, -0.15) is 0 Å². The molecule has 5 nitrogen and oxygen atoms in total. The first-order valence-corrected chi connectivity index (χ1v) is 7.41. The monoisotopic (exact) mass is 299 g/mol. The van der Waals surface area contributed by atoms with E-state index in [2.05, 4.69) is 16.9 Å². The van der Waals surface area contributed by atoms with Crippen LogP contribution in [0, 0.1) is 0 Å². The largest absolute Gasteiger partial charge is 0.362 e. The Kier molecular flexibility index (Phi) is 5.77. The maximum Gasteiger partial charge on any atom is 0.262 e. The van der Waals surface area contributed by atoms with Gasteiger partial charge in [0.05, 0.1) is 6.54 Å². The Morgan fingerprint density at radius 3 is 2.86 bits per heavy atom. The number of allylic oxidation sites excluding steroid dienone is 3. The van der Waals surface area contributed by atoms with Crippen molar-refractivity contribution < 1.29 is 9.59 Å². The fourth-order valence-corrected chi connectivity index (χ4v) is 2.42. The summed E-state index contributed by atoms with van der Waals surface area (Å²) in [5.41, 5.74) is 7.16. The van der Waals surface area contributed by atoms with E-state index in [1.54, 1.807) is 12.2 Å². The number of rotatable bonds is 4. The number of carbonyl (C=O) groups is 2. The molecular formula is C17H21N3O2. The standard InChI is InChI=1S/C17H21N3O2/c1-2-3-4-11-16(21)18-19-17(22)13-20-12-7-9-14-8-5-6-10-15(14)20/h2-6,8,10-11H,7,9,12-13H2,1H3,(H,18,21)(H,19,22)/b3-2+,11-4+. The first-order chi connectivity index (χ1) is 10.7. The first-order valence-electron chi connectivity index (χ1n) is 7.41. The number of hydrazine groups is 1. The first kappa shape index (κ1) is 15.8. The molecule has 0 fully saturated rings. The molecule has 0 bridgehead atoms. The minimum Gasteiger partial charge on any atom is -0.362 e. The molecule has 0 unspecified atom stereocenters. The maximum absolute atomic E-state index is 11.9. The van der Waals surface area contributed by atoms with E-state index < -0.39 is 0 Å². The Bertz CT molecular complexity index is 593. The molecule has 0 spiro atoms. The molecule has 2 amide bonds. The van der Waals surface area contributed by atoms with Gasteiger partial charge in [0, 0.05) is 18.3 Å². The maximum atomic E-state index is 11.9. The minimum absolute atomic E-state index is 0.232. The van der Waals surface area contributed by atoms with Gasteiger partial charge in [-0.05, 0) is 31.4 Å². The van der Waals surface area contributed by atoms with Gasteiger partial charge in [0.15, 0.2) is 0 Å². The molecule has 0 aromatic heterocycles. The number of nitrogens with one attached hydrogen (secondary N) is 2. The topological polar surface area (TPSA) is 61.4 Å². The lowest BCUT2D eigenvalue weighted by molar-refractivity contribution is -0.125. The highest BCUT2D eigenvalue weighted by molar-refractivity contribution is 5.90. The van der Waals surface area contributed by atoms with E-state index in [4.69, 9.17) is 0 Å². The van der Waals surface area contributed by atoms with Gasteiger partial charge >= 0.3 is 0 Å². The van der Waals surface area contributed by atoms with Crippen molar-refractivity contribution in [2.45, 2.75) is 19.8 Å². The van der Waals surface area contributed by atoms with Crippen LogP contribution in [0.15, 0.2) is 48.6 Å². The van der Waals surface area contributed by atoms with Crippen LogP contribution in [0.25, 0.3) is 0 Å². The van der Waals surface area contributed by atoms with Crippen LogP contribution in [0.1, 0.15) is 18.9 Å². The molecular weight excluding hydrogens is 278 g/mol. The minimum atomic E-state index is -0.356. The molecule has 2 N–H and O–H groups in total. The third kappa shape index (κ3) is 4.48. The van der Waals surface area contributed by atoms with Crippen LogP contribution >= 0.6 is 0 Å². The fourth-order valence-electron chi connectivity index (χ4n) is 2.42. The Morgan fingerprint density at radius 2 is 2.05 bits per heavy atom. The van der Waals surface area contributed by atoms with Crippen molar-refractivity contribution in [1.29, 1.82) is 0 Å². The molecule has 22 heavy (non-hydrogen) atoms. The molecule has 0 saturated heterocycles. The number of para-hydroxylation sites is 1. The number of hydrogen-bond acceptors (Lipinski definition) is 3. The number of benzene rings is 1. The number of aryl methyl sites for hydroxylation is 1. The van der Waals surface area contributed by atoms with Crippen molar-refractivity contribution in [3.05, 3.63) is 54.1 Å². The van der Waals surface area contributed by atoms with Crippen LogP contribution in [0.5, 0.6) is 0 Å². The molecule has 1 aromatic carbocycles. The van der Waals surface area contributed by atoms with Crippen molar-refractivity contribution in [2.75, 3.05) is 18.0 Å². The van der Waals surface area contributed by atoms with E-state index in [-0.39, 0.29) is 18.4 Å². The third-order valence-corrected chi connectivity index (χ3v) is 3.42. The van der Waals surface area contributed by atoms with Crippen molar-refractivity contribution in [3.63, 3.8) is 0 Å². The van der Waals surface area contributed by atoms with E-state index in [1.165, 1.54) is 11.6 Å². The quantitative estimate of drug-likeness (QED) is 0.505. The molecule has 5 heteroatoms. The number of hydrogen-bond donors (Lipinski definition) is 2. The summed E-state index contributed by atoms with van der Waals surface area (Å²) < 4.78 is 0. The van der Waals surface area contributed by atoms with Gasteiger partial charge in [0.25, 0.3) is 11.8 Å². The summed E-state index contributed by atoms with van der Waals surface area (Å²) in [7, 11) is 0. The number of amides is 2. The second-order valence-electron chi connectivity index (χ2n) is 5.08. The molecule has 116 valence electrons. The van der Waals surface area contributed by atoms with Crippen LogP contribution in [0.2, 0.25) is 0 Å². The van der Waals surface area contributed by atoms with Crippen LogP contribution in [0.3, 0.4) is 0 Å². The molecule has 2 rings (SSSR count). The zero-order chi connectivity index (χ0) is 15.8. The highest BCUT2D eigenvalue weighted by Gasteiger charge is 2.18. The lowest BCUT2D eigenvalue weighted by Gasteiger charge is -2.30. The highest BCUT2D eigenvalue weighted by atomic mass is 16.2. The molecule has 0 saturated carbocycles. The smallest absolute Gasteiger partial charge is 0.262 e. The Balaban J connectivity index is 1.84. The van der Waals surface area contributed by atoms with Crippen molar-refractivity contribution in [3.8, 4) is 0 Å². The van der Waals surface area contributed by atoms with E-state index in [9.17, 15) is 9.59 Å². The molecule has 0 atom stereocenters. The second-order valence-corrected chi connectivity index (χ2v) is 5.08. The number of anilines is 1. The van der Waals surface area contributed by atoms with Gasteiger partial charge in [0.2, 0.25) is 0 Å². The second kappa shape index (κ2) is 8.02. The van der Waals surface area contributed by atoms with Crippen LogP contribution in [-0.4, -0.2) is 24.9 Å². The van der Waals surface area contributed by atoms with Gasteiger partial charge in [-0.1, -0.05) is 36.4 Å². The summed E-state index contributed by atoms with van der Waals surface area (Å²) >= 11 is 0. The average Bonchev–Trinajstić information content (AvgIpc) is 2.54.